The van der Waals surface area contributed by atoms with Crippen LogP contribution in [-0.2, 0) is 4.74 Å². The van der Waals surface area contributed by atoms with Gasteiger partial charge in [0.05, 0.1) is 0 Å². The van der Waals surface area contributed by atoms with Gasteiger partial charge in [-0.05, 0) is 43.5 Å². The van der Waals surface area contributed by atoms with Gasteiger partial charge in [-0.25, -0.2) is 0 Å². The van der Waals surface area contributed by atoms with E-state index >= 15 is 0 Å². The summed E-state index contributed by atoms with van der Waals surface area (Å²) in [7, 11) is 1.64. The summed E-state index contributed by atoms with van der Waals surface area (Å²) in [6, 6.07) is 9.76. The molecular weight excluding hydrogens is 290 g/mol. The molecule has 2 rings (SSSR count). The third-order valence-corrected chi connectivity index (χ3v) is 3.55. The highest BCUT2D eigenvalue weighted by Gasteiger charge is 2.08. The van der Waals surface area contributed by atoms with Crippen molar-refractivity contribution in [3.63, 3.8) is 0 Å². The average Bonchev–Trinajstić information content (AvgIpc) is 2.55. The summed E-state index contributed by atoms with van der Waals surface area (Å²) in [4.78, 5) is 16.2. The van der Waals surface area contributed by atoms with Crippen LogP contribution in [0.2, 0.25) is 0 Å². The fourth-order valence-electron chi connectivity index (χ4n) is 2.30. The van der Waals surface area contributed by atoms with Crippen LogP contribution in [0.4, 0.5) is 11.4 Å². The molecule has 2 N–H and O–H groups in total. The SMILES string of the molecule is COCCCNC(=O)c1cc(Nc2c(C)cccc2C)ccn1. The molecule has 2 aromatic rings. The molecule has 0 atom stereocenters. The lowest BCUT2D eigenvalue weighted by Gasteiger charge is -2.13. The van der Waals surface area contributed by atoms with Crippen LogP contribution in [0.1, 0.15) is 28.0 Å². The molecule has 23 heavy (non-hydrogen) atoms. The highest BCUT2D eigenvalue weighted by Crippen LogP contribution is 2.24. The molecule has 0 unspecified atom stereocenters. The fourth-order valence-corrected chi connectivity index (χ4v) is 2.30. The largest absolute Gasteiger partial charge is 0.385 e. The minimum absolute atomic E-state index is 0.175. The van der Waals surface area contributed by atoms with E-state index in [0.29, 0.717) is 18.8 Å². The number of methoxy groups -OCH3 is 1. The number of hydrogen-bond acceptors (Lipinski definition) is 4. The summed E-state index contributed by atoms with van der Waals surface area (Å²) >= 11 is 0. The number of pyridine rings is 1. The molecule has 122 valence electrons. The zero-order chi connectivity index (χ0) is 16.7. The van der Waals surface area contributed by atoms with E-state index in [1.165, 1.54) is 0 Å². The van der Waals surface area contributed by atoms with E-state index in [0.717, 1.165) is 28.9 Å². The number of amides is 1. The zero-order valence-electron chi connectivity index (χ0n) is 13.8. The zero-order valence-corrected chi connectivity index (χ0v) is 13.8. The Hall–Kier alpha value is -2.40. The number of nitrogens with one attached hydrogen (secondary N) is 2. The lowest BCUT2D eigenvalue weighted by molar-refractivity contribution is 0.0943. The maximum absolute atomic E-state index is 12.1. The summed E-state index contributed by atoms with van der Waals surface area (Å²) in [5.74, 6) is -0.175. The predicted octanol–water partition coefficient (Wildman–Crippen LogP) is 3.21. The van der Waals surface area contributed by atoms with E-state index in [1.807, 2.05) is 12.1 Å². The number of aryl methyl sites for hydroxylation is 2. The van der Waals surface area contributed by atoms with Gasteiger partial charge in [-0.1, -0.05) is 18.2 Å². The molecule has 0 radical (unpaired) electrons. The number of ether oxygens (including phenoxy) is 1. The number of anilines is 2. The number of nitrogens with zero attached hydrogens (tertiary/aromatic N) is 1. The Bertz CT molecular complexity index is 651. The van der Waals surface area contributed by atoms with Gasteiger partial charge in [0.25, 0.3) is 5.91 Å². The van der Waals surface area contributed by atoms with Gasteiger partial charge in [-0.2, -0.15) is 0 Å². The summed E-state index contributed by atoms with van der Waals surface area (Å²) in [5.41, 5.74) is 4.63. The van der Waals surface area contributed by atoms with E-state index in [4.69, 9.17) is 4.74 Å². The summed E-state index contributed by atoms with van der Waals surface area (Å²) in [6.45, 7) is 5.31. The molecule has 1 aromatic heterocycles. The predicted molar refractivity (Wildman–Crippen MR) is 92.3 cm³/mol. The molecule has 1 heterocycles. The fraction of sp³-hybridized carbons (Fsp3) is 0.333. The monoisotopic (exact) mass is 313 g/mol. The van der Waals surface area contributed by atoms with E-state index in [1.54, 1.807) is 19.4 Å². The first-order valence-corrected chi connectivity index (χ1v) is 7.68. The van der Waals surface area contributed by atoms with Crippen LogP contribution in [0.15, 0.2) is 36.5 Å². The number of rotatable bonds is 7. The summed E-state index contributed by atoms with van der Waals surface area (Å²) < 4.78 is 4.96. The Balaban J connectivity index is 2.06. The molecule has 1 amide bonds. The van der Waals surface area contributed by atoms with Crippen LogP contribution in [-0.4, -0.2) is 31.2 Å². The second kappa shape index (κ2) is 8.29. The van der Waals surface area contributed by atoms with E-state index in [2.05, 4.69) is 41.6 Å². The lowest BCUT2D eigenvalue weighted by atomic mass is 10.1. The molecule has 0 saturated carbocycles. The van der Waals surface area contributed by atoms with E-state index < -0.39 is 0 Å². The van der Waals surface area contributed by atoms with Crippen molar-refractivity contribution in [3.05, 3.63) is 53.3 Å². The molecule has 0 bridgehead atoms. The molecule has 0 saturated heterocycles. The average molecular weight is 313 g/mol. The van der Waals surface area contributed by atoms with Crippen LogP contribution in [0.3, 0.4) is 0 Å². The van der Waals surface area contributed by atoms with Gasteiger partial charge in [-0.3, -0.25) is 9.78 Å². The number of carbonyl (C=O) groups is 1. The van der Waals surface area contributed by atoms with Crippen LogP contribution in [0.5, 0.6) is 0 Å². The van der Waals surface area contributed by atoms with Crippen molar-refractivity contribution in [2.75, 3.05) is 25.6 Å². The highest BCUT2D eigenvalue weighted by molar-refractivity contribution is 5.93. The van der Waals surface area contributed by atoms with Crippen molar-refractivity contribution < 1.29 is 9.53 Å². The number of hydrogen-bond donors (Lipinski definition) is 2. The molecule has 0 aliphatic heterocycles. The number of benzene rings is 1. The van der Waals surface area contributed by atoms with Gasteiger partial charge in [0.1, 0.15) is 5.69 Å². The van der Waals surface area contributed by atoms with Gasteiger partial charge < -0.3 is 15.4 Å². The van der Waals surface area contributed by atoms with Gasteiger partial charge in [0.2, 0.25) is 0 Å². The standard InChI is InChI=1S/C18H23N3O2/c1-13-6-4-7-14(2)17(13)21-15-8-10-19-16(12-15)18(22)20-9-5-11-23-3/h4,6-8,10,12H,5,9,11H2,1-3H3,(H,19,21)(H,20,22). The molecule has 0 fully saturated rings. The molecule has 5 nitrogen and oxygen atoms in total. The molecule has 0 spiro atoms. The smallest absolute Gasteiger partial charge is 0.269 e. The first-order valence-electron chi connectivity index (χ1n) is 7.68. The van der Waals surface area contributed by atoms with Crippen LogP contribution >= 0.6 is 0 Å². The molecule has 5 heteroatoms. The van der Waals surface area contributed by atoms with Crippen molar-refractivity contribution in [2.24, 2.45) is 0 Å². The number of para-hydroxylation sites is 1. The maximum atomic E-state index is 12.1. The highest BCUT2D eigenvalue weighted by atomic mass is 16.5. The third-order valence-electron chi connectivity index (χ3n) is 3.55. The van der Waals surface area contributed by atoms with Crippen LogP contribution < -0.4 is 10.6 Å². The normalized spacial score (nSPS) is 10.4. The molecular formula is C18H23N3O2. The number of aromatic nitrogens is 1. The van der Waals surface area contributed by atoms with Gasteiger partial charge in [-0.15, -0.1) is 0 Å². The van der Waals surface area contributed by atoms with Crippen molar-refractivity contribution >= 4 is 17.3 Å². The van der Waals surface area contributed by atoms with Crippen molar-refractivity contribution in [2.45, 2.75) is 20.3 Å². The Morgan fingerprint density at radius 2 is 1.96 bits per heavy atom. The van der Waals surface area contributed by atoms with E-state index in [9.17, 15) is 4.79 Å². The Morgan fingerprint density at radius 3 is 2.65 bits per heavy atom. The third kappa shape index (κ3) is 4.79. The first kappa shape index (κ1) is 17.0. The van der Waals surface area contributed by atoms with Crippen molar-refractivity contribution in [3.8, 4) is 0 Å². The van der Waals surface area contributed by atoms with Crippen LogP contribution in [0, 0.1) is 13.8 Å². The van der Waals surface area contributed by atoms with Gasteiger partial charge in [0, 0.05) is 37.8 Å². The lowest BCUT2D eigenvalue weighted by Crippen LogP contribution is -2.26. The van der Waals surface area contributed by atoms with Gasteiger partial charge >= 0.3 is 0 Å². The second-order valence-electron chi connectivity index (χ2n) is 5.42. The number of carbonyl (C=O) groups excluding carboxylic acids is 1. The summed E-state index contributed by atoms with van der Waals surface area (Å²) in [5, 5.41) is 6.21. The molecule has 0 aliphatic rings. The van der Waals surface area contributed by atoms with E-state index in [-0.39, 0.29) is 5.91 Å². The Morgan fingerprint density at radius 1 is 1.22 bits per heavy atom. The maximum Gasteiger partial charge on any atom is 0.269 e. The molecule has 0 aliphatic carbocycles. The van der Waals surface area contributed by atoms with Gasteiger partial charge in [0.15, 0.2) is 0 Å². The van der Waals surface area contributed by atoms with Crippen molar-refractivity contribution in [1.82, 2.24) is 10.3 Å². The van der Waals surface area contributed by atoms with Crippen LogP contribution in [0.25, 0.3) is 0 Å². The Kier molecular flexibility index (Phi) is 6.11. The summed E-state index contributed by atoms with van der Waals surface area (Å²) in [6.07, 6.45) is 2.42. The first-order chi connectivity index (χ1) is 11.1. The minimum Gasteiger partial charge on any atom is -0.385 e. The quantitative estimate of drug-likeness (QED) is 0.771. The van der Waals surface area contributed by atoms with Crippen molar-refractivity contribution in [1.29, 1.82) is 0 Å². The topological polar surface area (TPSA) is 63.2 Å². The minimum atomic E-state index is -0.175. The Labute approximate surface area is 137 Å². The second-order valence-corrected chi connectivity index (χ2v) is 5.42. The molecule has 1 aromatic carbocycles.